The molecule has 0 radical (unpaired) electrons. The summed E-state index contributed by atoms with van der Waals surface area (Å²) in [6.07, 6.45) is 5.70. The number of carbonyl (C=O) groups is 1. The van der Waals surface area contributed by atoms with E-state index in [1.54, 1.807) is 7.05 Å². The molecular formula is C17H26N6O2. The Morgan fingerprint density at radius 2 is 2.04 bits per heavy atom. The third-order valence-electron chi connectivity index (χ3n) is 4.81. The summed E-state index contributed by atoms with van der Waals surface area (Å²) in [5, 5.41) is 9.11. The van der Waals surface area contributed by atoms with Gasteiger partial charge in [0, 0.05) is 25.9 Å². The number of nitrogens with two attached hydrogens (primary N) is 2. The van der Waals surface area contributed by atoms with Crippen LogP contribution in [0.1, 0.15) is 42.8 Å². The molecule has 0 aromatic carbocycles. The molecule has 0 atom stereocenters. The van der Waals surface area contributed by atoms with Crippen molar-refractivity contribution in [2.24, 2.45) is 5.73 Å². The van der Waals surface area contributed by atoms with Crippen LogP contribution in [0.4, 0.5) is 10.6 Å². The third kappa shape index (κ3) is 3.39. The Morgan fingerprint density at radius 1 is 1.28 bits per heavy atom. The van der Waals surface area contributed by atoms with Gasteiger partial charge in [0.1, 0.15) is 11.3 Å². The highest BCUT2D eigenvalue weighted by Crippen LogP contribution is 2.32. The smallest absolute Gasteiger partial charge is 0.314 e. The Hall–Kier alpha value is -2.35. The lowest BCUT2D eigenvalue weighted by Crippen LogP contribution is -2.32. The number of unbranched alkanes of at least 4 members (excludes halogenated alkanes) is 1. The van der Waals surface area contributed by atoms with E-state index in [0.29, 0.717) is 24.3 Å². The molecule has 8 nitrogen and oxygen atoms in total. The van der Waals surface area contributed by atoms with E-state index in [9.17, 15) is 4.79 Å². The summed E-state index contributed by atoms with van der Waals surface area (Å²) < 4.78 is 2.13. The monoisotopic (exact) mass is 346 g/mol. The Morgan fingerprint density at radius 3 is 2.76 bits per heavy atom. The second kappa shape index (κ2) is 7.26. The number of hydrogen-bond donors (Lipinski definition) is 3. The van der Waals surface area contributed by atoms with Gasteiger partial charge in [-0.3, -0.25) is 0 Å². The molecule has 2 aromatic heterocycles. The number of pyridine rings is 1. The van der Waals surface area contributed by atoms with Gasteiger partial charge in [0.05, 0.1) is 12.1 Å². The number of rotatable bonds is 6. The highest BCUT2D eigenvalue weighted by molar-refractivity contribution is 5.89. The molecule has 0 fully saturated rings. The molecule has 0 bridgehead atoms. The maximum Gasteiger partial charge on any atom is 0.314 e. The number of urea groups is 1. The van der Waals surface area contributed by atoms with E-state index in [0.717, 1.165) is 55.7 Å². The molecule has 3 rings (SSSR count). The highest BCUT2D eigenvalue weighted by Gasteiger charge is 2.23. The van der Waals surface area contributed by atoms with Gasteiger partial charge in [-0.15, -0.1) is 0 Å². The normalized spacial score (nSPS) is 13.8. The number of primary amides is 1. The fourth-order valence-corrected chi connectivity index (χ4v) is 3.48. The van der Waals surface area contributed by atoms with Gasteiger partial charge in [0.2, 0.25) is 0 Å². The summed E-state index contributed by atoms with van der Waals surface area (Å²) in [4.78, 5) is 22.1. The predicted octanol–water partition coefficient (Wildman–Crippen LogP) is 1.18. The van der Waals surface area contributed by atoms with E-state index in [1.807, 2.05) is 0 Å². The number of amides is 2. The van der Waals surface area contributed by atoms with Crippen molar-refractivity contribution in [3.05, 3.63) is 17.1 Å². The zero-order valence-electron chi connectivity index (χ0n) is 14.7. The molecule has 0 saturated carbocycles. The van der Waals surface area contributed by atoms with Crippen molar-refractivity contribution in [3.8, 4) is 0 Å². The van der Waals surface area contributed by atoms with Gasteiger partial charge < -0.3 is 26.0 Å². The first-order valence-corrected chi connectivity index (χ1v) is 8.80. The fraction of sp³-hybridized carbons (Fsp3) is 0.588. The molecule has 1 aliphatic carbocycles. The topological polar surface area (TPSA) is 123 Å². The zero-order valence-corrected chi connectivity index (χ0v) is 14.7. The second-order valence-corrected chi connectivity index (χ2v) is 6.63. The summed E-state index contributed by atoms with van der Waals surface area (Å²) in [5.74, 6) is 1.20. The molecule has 2 aromatic rings. The Kier molecular flexibility index (Phi) is 5.08. The van der Waals surface area contributed by atoms with Crippen LogP contribution in [0, 0.1) is 0 Å². The van der Waals surface area contributed by atoms with Crippen molar-refractivity contribution >= 4 is 22.9 Å². The number of hydrogen-bond acceptors (Lipinski definition) is 5. The van der Waals surface area contributed by atoms with Gasteiger partial charge in [0.15, 0.2) is 5.82 Å². The van der Waals surface area contributed by atoms with E-state index < -0.39 is 6.03 Å². The van der Waals surface area contributed by atoms with Crippen LogP contribution in [0.5, 0.6) is 0 Å². The van der Waals surface area contributed by atoms with E-state index >= 15 is 0 Å². The molecular weight excluding hydrogens is 320 g/mol. The number of nitrogens with zero attached hydrogens (tertiary/aromatic N) is 4. The van der Waals surface area contributed by atoms with Crippen LogP contribution in [0.25, 0.3) is 11.0 Å². The minimum Gasteiger partial charge on any atom is -0.396 e. The number of nitrogen functional groups attached to an aromatic ring is 1. The van der Waals surface area contributed by atoms with E-state index in [1.165, 1.54) is 10.5 Å². The van der Waals surface area contributed by atoms with Crippen LogP contribution >= 0.6 is 0 Å². The largest absolute Gasteiger partial charge is 0.396 e. The Bertz CT molecular complexity index is 785. The average Bonchev–Trinajstić information content (AvgIpc) is 2.94. The summed E-state index contributed by atoms with van der Waals surface area (Å²) in [6.45, 7) is 1.19. The minimum absolute atomic E-state index is 0.158. The van der Waals surface area contributed by atoms with Crippen LogP contribution in [0.15, 0.2) is 0 Å². The molecule has 8 heteroatoms. The van der Waals surface area contributed by atoms with Crippen molar-refractivity contribution in [1.29, 1.82) is 0 Å². The lowest BCUT2D eigenvalue weighted by molar-refractivity contribution is 0.215. The maximum absolute atomic E-state index is 11.4. The number of aliphatic hydroxyl groups is 1. The van der Waals surface area contributed by atoms with Crippen LogP contribution < -0.4 is 11.5 Å². The maximum atomic E-state index is 11.4. The van der Waals surface area contributed by atoms with Crippen LogP contribution in [-0.4, -0.2) is 44.2 Å². The standard InChI is InChI=1S/C17H26N6O2/c1-22(17(19)25)10-13-21-14-15(23(13)8-4-5-9-24)11-6-2-3-7-12(11)20-16(14)18/h24H,2-10H2,1H3,(H2,18,20)(H2,19,25). The summed E-state index contributed by atoms with van der Waals surface area (Å²) in [7, 11) is 1.65. The summed E-state index contributed by atoms with van der Waals surface area (Å²) in [5.41, 5.74) is 15.6. The molecule has 1 aliphatic rings. The van der Waals surface area contributed by atoms with Crippen LogP contribution in [-0.2, 0) is 25.9 Å². The first-order chi connectivity index (χ1) is 12.0. The summed E-state index contributed by atoms with van der Waals surface area (Å²) >= 11 is 0. The SMILES string of the molecule is CN(Cc1nc2c(N)nc3c(c2n1CCCCO)CCCC3)C(N)=O. The van der Waals surface area contributed by atoms with Crippen molar-refractivity contribution in [2.75, 3.05) is 19.4 Å². The van der Waals surface area contributed by atoms with Crippen molar-refractivity contribution in [1.82, 2.24) is 19.4 Å². The second-order valence-electron chi connectivity index (χ2n) is 6.63. The van der Waals surface area contributed by atoms with Crippen molar-refractivity contribution in [3.63, 3.8) is 0 Å². The van der Waals surface area contributed by atoms with Gasteiger partial charge in [-0.2, -0.15) is 0 Å². The van der Waals surface area contributed by atoms with Gasteiger partial charge in [-0.1, -0.05) is 0 Å². The minimum atomic E-state index is -0.498. The van der Waals surface area contributed by atoms with Crippen molar-refractivity contribution in [2.45, 2.75) is 51.6 Å². The number of fused-ring (bicyclic) bond motifs is 3. The average molecular weight is 346 g/mol. The molecule has 25 heavy (non-hydrogen) atoms. The molecule has 0 spiro atoms. The molecule has 2 heterocycles. The predicted molar refractivity (Wildman–Crippen MR) is 96.0 cm³/mol. The molecule has 0 unspecified atom stereocenters. The molecule has 0 aliphatic heterocycles. The Balaban J connectivity index is 2.12. The van der Waals surface area contributed by atoms with Gasteiger partial charge in [0.25, 0.3) is 0 Å². The number of anilines is 1. The van der Waals surface area contributed by atoms with Gasteiger partial charge >= 0.3 is 6.03 Å². The van der Waals surface area contributed by atoms with E-state index in [4.69, 9.17) is 16.6 Å². The zero-order chi connectivity index (χ0) is 18.0. The number of aryl methyl sites for hydroxylation is 3. The first kappa shape index (κ1) is 17.5. The van der Waals surface area contributed by atoms with Crippen LogP contribution in [0.3, 0.4) is 0 Å². The lowest BCUT2D eigenvalue weighted by Gasteiger charge is -2.19. The molecule has 5 N–H and O–H groups in total. The summed E-state index contributed by atoms with van der Waals surface area (Å²) in [6, 6.07) is -0.498. The fourth-order valence-electron chi connectivity index (χ4n) is 3.48. The van der Waals surface area contributed by atoms with Gasteiger partial charge in [-0.05, 0) is 44.1 Å². The number of aromatic nitrogens is 3. The quantitative estimate of drug-likeness (QED) is 0.678. The lowest BCUT2D eigenvalue weighted by atomic mass is 9.95. The van der Waals surface area contributed by atoms with Crippen molar-refractivity contribution < 1.29 is 9.90 Å². The van der Waals surface area contributed by atoms with Gasteiger partial charge in [-0.25, -0.2) is 14.8 Å². The molecule has 0 saturated heterocycles. The number of carbonyl (C=O) groups excluding carboxylic acids is 1. The third-order valence-corrected chi connectivity index (χ3v) is 4.81. The first-order valence-electron chi connectivity index (χ1n) is 8.80. The van der Waals surface area contributed by atoms with E-state index in [-0.39, 0.29) is 6.61 Å². The molecule has 2 amide bonds. The highest BCUT2D eigenvalue weighted by atomic mass is 16.3. The number of aliphatic hydroxyl groups excluding tert-OH is 1. The Labute approximate surface area is 146 Å². The van der Waals surface area contributed by atoms with E-state index in [2.05, 4.69) is 14.5 Å². The number of imidazole rings is 1. The molecule has 136 valence electrons. The van der Waals surface area contributed by atoms with Crippen LogP contribution in [0.2, 0.25) is 0 Å².